The maximum absolute atomic E-state index is 12.3. The van der Waals surface area contributed by atoms with E-state index in [9.17, 15) is 9.90 Å². The smallest absolute Gasteiger partial charge is 0.261 e. The minimum atomic E-state index is -0.442. The van der Waals surface area contributed by atoms with Crippen molar-refractivity contribution in [3.63, 3.8) is 0 Å². The Labute approximate surface area is 111 Å². The second-order valence-corrected chi connectivity index (χ2v) is 5.33. The summed E-state index contributed by atoms with van der Waals surface area (Å²) in [5.41, 5.74) is 0.641. The number of para-hydroxylation sites is 1. The molecule has 0 saturated heterocycles. The predicted molar refractivity (Wildman–Crippen MR) is 74.0 cm³/mol. The summed E-state index contributed by atoms with van der Waals surface area (Å²) in [7, 11) is 0. The number of fused-ring (bicyclic) bond motifs is 1. The third-order valence-electron chi connectivity index (χ3n) is 4.06. The molecule has 0 aliphatic heterocycles. The minimum Gasteiger partial charge on any atom is -0.391 e. The van der Waals surface area contributed by atoms with Gasteiger partial charge in [-0.1, -0.05) is 25.0 Å². The lowest BCUT2D eigenvalue weighted by Gasteiger charge is -2.18. The van der Waals surface area contributed by atoms with E-state index in [0.717, 1.165) is 12.8 Å². The fraction of sp³-hybridized carbons (Fsp3) is 0.467. The van der Waals surface area contributed by atoms with E-state index in [1.807, 2.05) is 18.2 Å². The van der Waals surface area contributed by atoms with Gasteiger partial charge in [0.2, 0.25) is 0 Å². The molecule has 3 rings (SSSR count). The molecule has 1 aliphatic rings. The van der Waals surface area contributed by atoms with Crippen LogP contribution in [-0.2, 0) is 6.54 Å². The highest BCUT2D eigenvalue weighted by molar-refractivity contribution is 5.76. The van der Waals surface area contributed by atoms with Gasteiger partial charge in [-0.3, -0.25) is 9.36 Å². The second-order valence-electron chi connectivity index (χ2n) is 5.33. The minimum absolute atomic E-state index is 0.0670. The number of aliphatic hydroxyl groups excluding tert-OH is 1. The molecule has 0 spiro atoms. The van der Waals surface area contributed by atoms with Gasteiger partial charge in [0.25, 0.3) is 5.56 Å². The van der Waals surface area contributed by atoms with Crippen molar-refractivity contribution < 1.29 is 5.11 Å². The Bertz CT molecular complexity index is 629. The quantitative estimate of drug-likeness (QED) is 0.915. The van der Waals surface area contributed by atoms with Crippen LogP contribution in [0.2, 0.25) is 0 Å². The summed E-state index contributed by atoms with van der Waals surface area (Å²) >= 11 is 0. The third kappa shape index (κ3) is 2.40. The molecule has 1 atom stereocenters. The van der Waals surface area contributed by atoms with Crippen molar-refractivity contribution in [2.45, 2.75) is 38.3 Å². The zero-order valence-electron chi connectivity index (χ0n) is 10.8. The van der Waals surface area contributed by atoms with Crippen molar-refractivity contribution in [3.8, 4) is 0 Å². The molecule has 2 aromatic rings. The largest absolute Gasteiger partial charge is 0.391 e. The van der Waals surface area contributed by atoms with Crippen LogP contribution < -0.4 is 5.56 Å². The van der Waals surface area contributed by atoms with E-state index in [0.29, 0.717) is 23.4 Å². The Kier molecular flexibility index (Phi) is 3.34. The number of aliphatic hydroxyl groups is 1. The van der Waals surface area contributed by atoms with Crippen molar-refractivity contribution in [1.82, 2.24) is 9.55 Å². The topological polar surface area (TPSA) is 55.1 Å². The van der Waals surface area contributed by atoms with Gasteiger partial charge >= 0.3 is 0 Å². The molecular weight excluding hydrogens is 240 g/mol. The van der Waals surface area contributed by atoms with Crippen molar-refractivity contribution in [2.24, 2.45) is 5.92 Å². The van der Waals surface area contributed by atoms with E-state index in [1.54, 1.807) is 12.4 Å². The summed E-state index contributed by atoms with van der Waals surface area (Å²) in [6.07, 6.45) is 5.61. The van der Waals surface area contributed by atoms with Crippen LogP contribution in [0.3, 0.4) is 0 Å². The summed E-state index contributed by atoms with van der Waals surface area (Å²) in [6.45, 7) is 0.349. The maximum Gasteiger partial charge on any atom is 0.261 e. The molecule has 1 unspecified atom stereocenters. The monoisotopic (exact) mass is 258 g/mol. The molecule has 1 N–H and O–H groups in total. The molecule has 0 amide bonds. The summed E-state index contributed by atoms with van der Waals surface area (Å²) in [5.74, 6) is 0.332. The Morgan fingerprint density at radius 2 is 2.05 bits per heavy atom. The van der Waals surface area contributed by atoms with Crippen molar-refractivity contribution >= 4 is 10.9 Å². The third-order valence-corrected chi connectivity index (χ3v) is 4.06. The Morgan fingerprint density at radius 1 is 1.32 bits per heavy atom. The van der Waals surface area contributed by atoms with Gasteiger partial charge < -0.3 is 5.11 Å². The van der Waals surface area contributed by atoms with Crippen LogP contribution in [0.15, 0.2) is 35.4 Å². The first-order valence-corrected chi connectivity index (χ1v) is 6.88. The van der Waals surface area contributed by atoms with E-state index >= 15 is 0 Å². The number of hydrogen-bond acceptors (Lipinski definition) is 3. The van der Waals surface area contributed by atoms with Crippen LogP contribution in [-0.4, -0.2) is 20.8 Å². The van der Waals surface area contributed by atoms with Gasteiger partial charge in [-0.05, 0) is 30.9 Å². The van der Waals surface area contributed by atoms with Gasteiger partial charge in [0.15, 0.2) is 0 Å². The predicted octanol–water partition coefficient (Wildman–Crippen LogP) is 1.95. The fourth-order valence-electron chi connectivity index (χ4n) is 2.93. The lowest BCUT2D eigenvalue weighted by Crippen LogP contribution is -2.30. The molecule has 0 radical (unpaired) electrons. The zero-order chi connectivity index (χ0) is 13.2. The van der Waals surface area contributed by atoms with Gasteiger partial charge in [-0.2, -0.15) is 0 Å². The van der Waals surface area contributed by atoms with E-state index in [4.69, 9.17) is 0 Å². The number of benzene rings is 1. The molecule has 100 valence electrons. The highest BCUT2D eigenvalue weighted by Crippen LogP contribution is 2.28. The Hall–Kier alpha value is -1.68. The summed E-state index contributed by atoms with van der Waals surface area (Å²) in [5, 5.41) is 10.8. The van der Waals surface area contributed by atoms with Gasteiger partial charge in [0.1, 0.15) is 0 Å². The molecular formula is C15H18N2O2. The first kappa shape index (κ1) is 12.4. The van der Waals surface area contributed by atoms with E-state index in [2.05, 4.69) is 4.98 Å². The van der Waals surface area contributed by atoms with Crippen molar-refractivity contribution in [2.75, 3.05) is 0 Å². The van der Waals surface area contributed by atoms with Crippen molar-refractivity contribution in [1.29, 1.82) is 0 Å². The van der Waals surface area contributed by atoms with Gasteiger partial charge in [-0.25, -0.2) is 4.98 Å². The summed E-state index contributed by atoms with van der Waals surface area (Å²) in [4.78, 5) is 16.6. The van der Waals surface area contributed by atoms with E-state index < -0.39 is 6.10 Å². The first-order valence-electron chi connectivity index (χ1n) is 6.88. The van der Waals surface area contributed by atoms with Crippen LogP contribution in [0.5, 0.6) is 0 Å². The van der Waals surface area contributed by atoms with E-state index in [-0.39, 0.29) is 5.56 Å². The van der Waals surface area contributed by atoms with Crippen molar-refractivity contribution in [3.05, 3.63) is 40.9 Å². The maximum atomic E-state index is 12.3. The van der Waals surface area contributed by atoms with Crippen LogP contribution in [0.25, 0.3) is 10.9 Å². The van der Waals surface area contributed by atoms with Gasteiger partial charge in [-0.15, -0.1) is 0 Å². The molecule has 1 saturated carbocycles. The number of aromatic nitrogens is 2. The lowest BCUT2D eigenvalue weighted by atomic mass is 10.0. The molecule has 1 heterocycles. The first-order chi connectivity index (χ1) is 9.25. The zero-order valence-corrected chi connectivity index (χ0v) is 10.8. The van der Waals surface area contributed by atoms with Crippen LogP contribution >= 0.6 is 0 Å². The lowest BCUT2D eigenvalue weighted by molar-refractivity contribution is 0.0919. The van der Waals surface area contributed by atoms with Crippen LogP contribution in [0.1, 0.15) is 25.7 Å². The fourth-order valence-corrected chi connectivity index (χ4v) is 2.93. The number of rotatable bonds is 3. The Morgan fingerprint density at radius 3 is 2.84 bits per heavy atom. The molecule has 1 aliphatic carbocycles. The van der Waals surface area contributed by atoms with Gasteiger partial charge in [0.05, 0.1) is 29.9 Å². The molecule has 1 aromatic carbocycles. The number of hydrogen-bond donors (Lipinski definition) is 1. The van der Waals surface area contributed by atoms with E-state index in [1.165, 1.54) is 17.4 Å². The second kappa shape index (κ2) is 5.13. The SMILES string of the molecule is O=c1c2ccccc2ncn1CC(O)C1CCCC1. The van der Waals surface area contributed by atoms with Crippen LogP contribution in [0, 0.1) is 5.92 Å². The molecule has 1 aromatic heterocycles. The highest BCUT2D eigenvalue weighted by atomic mass is 16.3. The molecule has 1 fully saturated rings. The normalized spacial score (nSPS) is 17.9. The molecule has 19 heavy (non-hydrogen) atoms. The summed E-state index contributed by atoms with van der Waals surface area (Å²) < 4.78 is 1.53. The standard InChI is InChI=1S/C15H18N2O2/c18-14(11-5-1-2-6-11)9-17-10-16-13-8-4-3-7-12(13)15(17)19/h3-4,7-8,10-11,14,18H,1-2,5-6,9H2. The summed E-state index contributed by atoms with van der Waals surface area (Å²) in [6, 6.07) is 7.31. The average Bonchev–Trinajstić information content (AvgIpc) is 2.96. The molecule has 0 bridgehead atoms. The number of nitrogens with zero attached hydrogens (tertiary/aromatic N) is 2. The average molecular weight is 258 g/mol. The Balaban J connectivity index is 1.88. The van der Waals surface area contributed by atoms with Crippen LogP contribution in [0.4, 0.5) is 0 Å². The molecule has 4 heteroatoms. The molecule has 4 nitrogen and oxygen atoms in total. The van der Waals surface area contributed by atoms with Gasteiger partial charge in [0, 0.05) is 0 Å². The highest BCUT2D eigenvalue weighted by Gasteiger charge is 2.23.